The molecular formula is C38H35F6N2P. The molecule has 5 aromatic rings. The Morgan fingerprint density at radius 1 is 0.745 bits per heavy atom. The first-order valence-corrected chi connectivity index (χ1v) is 17.3. The Morgan fingerprint density at radius 3 is 1.96 bits per heavy atom. The molecule has 5 aromatic carbocycles. The Morgan fingerprint density at radius 2 is 1.30 bits per heavy atom. The monoisotopic (exact) mass is 664 g/mol. The van der Waals surface area contributed by atoms with Gasteiger partial charge in [0.2, 0.25) is 5.69 Å². The number of benzene rings is 5. The van der Waals surface area contributed by atoms with Crippen LogP contribution in [0.3, 0.4) is 0 Å². The van der Waals surface area contributed by atoms with Crippen LogP contribution in [0.4, 0.5) is 36.6 Å². The molecule has 0 N–H and O–H groups in total. The van der Waals surface area contributed by atoms with Crippen LogP contribution in [0.1, 0.15) is 36.5 Å². The van der Waals surface area contributed by atoms with Gasteiger partial charge in [0.25, 0.3) is 0 Å². The topological polar surface area (TPSA) is 6.25 Å². The molecule has 2 aliphatic heterocycles. The quantitative estimate of drug-likeness (QED) is 0.105. The van der Waals surface area contributed by atoms with Crippen LogP contribution in [-0.2, 0) is 11.8 Å². The standard InChI is InChI=1S/C38H35N2.F6P/c1-38(2)35(40(4)34-24-22-28-16-9-11-18-30(28)37(34)38)20-12-19-32-31(25-26-13-6-5-7-14-26)36-29-17-10-8-15-27(29)21-23-33(36)39(32)3;1-7(2,3,4,5)6/h5-24,31H,25H2,1-4H3;/q+1;-1. The molecular weight excluding hydrogens is 629 g/mol. The van der Waals surface area contributed by atoms with Crippen molar-refractivity contribution in [3.05, 3.63) is 144 Å². The van der Waals surface area contributed by atoms with Crippen LogP contribution in [0.5, 0.6) is 0 Å². The van der Waals surface area contributed by atoms with E-state index in [4.69, 9.17) is 0 Å². The summed E-state index contributed by atoms with van der Waals surface area (Å²) in [5.74, 6) is 0.290. The molecule has 9 heteroatoms. The van der Waals surface area contributed by atoms with Crippen LogP contribution in [0.2, 0.25) is 0 Å². The van der Waals surface area contributed by atoms with Crippen molar-refractivity contribution in [2.24, 2.45) is 0 Å². The van der Waals surface area contributed by atoms with Crippen LogP contribution in [0.25, 0.3) is 21.5 Å². The summed E-state index contributed by atoms with van der Waals surface area (Å²) >= 11 is 0. The maximum atomic E-state index is 9.87. The van der Waals surface area contributed by atoms with Gasteiger partial charge in [-0.3, -0.25) is 0 Å². The number of likely N-dealkylation sites (N-methyl/N-ethyl adjacent to an activating group) is 1. The molecule has 244 valence electrons. The summed E-state index contributed by atoms with van der Waals surface area (Å²) < 4.78 is 61.6. The number of fused-ring (bicyclic) bond motifs is 6. The van der Waals surface area contributed by atoms with Crippen LogP contribution in [-0.4, -0.2) is 24.4 Å². The van der Waals surface area contributed by atoms with Crippen molar-refractivity contribution in [1.82, 2.24) is 0 Å². The summed E-state index contributed by atoms with van der Waals surface area (Å²) in [6, 6.07) is 37.6. The van der Waals surface area contributed by atoms with E-state index in [1.54, 1.807) is 0 Å². The molecule has 0 aliphatic carbocycles. The summed E-state index contributed by atoms with van der Waals surface area (Å²) in [5.41, 5.74) is 9.40. The Hall–Kier alpha value is -4.42. The molecule has 0 amide bonds. The van der Waals surface area contributed by atoms with Gasteiger partial charge in [0.1, 0.15) is 7.05 Å². The third-order valence-corrected chi connectivity index (χ3v) is 9.10. The number of halogens is 6. The van der Waals surface area contributed by atoms with Crippen LogP contribution >= 0.6 is 7.81 Å². The number of rotatable bonds is 4. The molecule has 1 atom stereocenters. The average Bonchev–Trinajstić information content (AvgIpc) is 3.38. The van der Waals surface area contributed by atoms with Crippen molar-refractivity contribution in [2.75, 3.05) is 19.0 Å². The van der Waals surface area contributed by atoms with Gasteiger partial charge in [0, 0.05) is 42.1 Å². The summed E-state index contributed by atoms with van der Waals surface area (Å²) in [6.45, 7) is 4.72. The first-order valence-electron chi connectivity index (χ1n) is 15.3. The van der Waals surface area contributed by atoms with Gasteiger partial charge >= 0.3 is 33.0 Å². The van der Waals surface area contributed by atoms with Crippen molar-refractivity contribution in [3.63, 3.8) is 0 Å². The third kappa shape index (κ3) is 6.84. The number of hydrogen-bond donors (Lipinski definition) is 0. The van der Waals surface area contributed by atoms with Crippen molar-refractivity contribution in [3.8, 4) is 0 Å². The molecule has 7 rings (SSSR count). The van der Waals surface area contributed by atoms with Gasteiger partial charge in [0.15, 0.2) is 5.71 Å². The fourth-order valence-electron chi connectivity index (χ4n) is 7.18. The minimum atomic E-state index is -10.7. The molecule has 0 spiro atoms. The fraction of sp³-hybridized carbons (Fsp3) is 0.184. The molecule has 2 aliphatic rings. The van der Waals surface area contributed by atoms with Crippen molar-refractivity contribution < 1.29 is 29.8 Å². The zero-order valence-corrected chi connectivity index (χ0v) is 27.3. The number of anilines is 1. The summed E-state index contributed by atoms with van der Waals surface area (Å²) in [5, 5.41) is 5.31. The summed E-state index contributed by atoms with van der Waals surface area (Å²) in [4.78, 5) is 2.40. The Labute approximate surface area is 270 Å². The van der Waals surface area contributed by atoms with Crippen molar-refractivity contribution in [2.45, 2.75) is 31.6 Å². The average molecular weight is 665 g/mol. The van der Waals surface area contributed by atoms with E-state index in [0.717, 1.165) is 6.42 Å². The minimum absolute atomic E-state index is 0.0931. The molecule has 0 bridgehead atoms. The van der Waals surface area contributed by atoms with E-state index in [-0.39, 0.29) is 5.41 Å². The molecule has 2 heterocycles. The molecule has 1 unspecified atom stereocenters. The van der Waals surface area contributed by atoms with Crippen LogP contribution in [0.15, 0.2) is 127 Å². The molecule has 0 fully saturated rings. The third-order valence-electron chi connectivity index (χ3n) is 9.10. The van der Waals surface area contributed by atoms with Crippen LogP contribution in [0, 0.1) is 0 Å². The van der Waals surface area contributed by atoms with Crippen molar-refractivity contribution >= 4 is 46.4 Å². The molecule has 0 saturated carbocycles. The van der Waals surface area contributed by atoms with Gasteiger partial charge in [-0.1, -0.05) is 91.0 Å². The van der Waals surface area contributed by atoms with Gasteiger partial charge in [-0.15, -0.1) is 0 Å². The zero-order chi connectivity index (χ0) is 33.8. The molecule has 2 nitrogen and oxygen atoms in total. The fourth-order valence-corrected chi connectivity index (χ4v) is 7.18. The van der Waals surface area contributed by atoms with Crippen molar-refractivity contribution in [1.29, 1.82) is 0 Å². The van der Waals surface area contributed by atoms with E-state index in [1.165, 1.54) is 61.0 Å². The van der Waals surface area contributed by atoms with E-state index in [2.05, 4.69) is 159 Å². The van der Waals surface area contributed by atoms with E-state index < -0.39 is 7.81 Å². The predicted molar refractivity (Wildman–Crippen MR) is 184 cm³/mol. The second kappa shape index (κ2) is 10.8. The van der Waals surface area contributed by atoms with Gasteiger partial charge < -0.3 is 4.90 Å². The number of allylic oxidation sites excluding steroid dienone is 4. The Kier molecular flexibility index (Phi) is 7.48. The second-order valence-electron chi connectivity index (χ2n) is 12.7. The van der Waals surface area contributed by atoms with E-state index in [1.807, 2.05) is 0 Å². The molecule has 0 saturated heterocycles. The van der Waals surface area contributed by atoms with Gasteiger partial charge in [0.05, 0.1) is 5.41 Å². The van der Waals surface area contributed by atoms with Crippen LogP contribution < -0.4 is 4.90 Å². The first kappa shape index (κ1) is 32.5. The number of nitrogens with zero attached hydrogens (tertiary/aromatic N) is 2. The zero-order valence-electron chi connectivity index (χ0n) is 26.4. The van der Waals surface area contributed by atoms with Gasteiger partial charge in [-0.05, 0) is 71.1 Å². The Bertz CT molecular complexity index is 2100. The van der Waals surface area contributed by atoms with Gasteiger partial charge in [-0.25, -0.2) is 0 Å². The van der Waals surface area contributed by atoms with Gasteiger partial charge in [-0.2, -0.15) is 4.58 Å². The molecule has 0 aromatic heterocycles. The summed E-state index contributed by atoms with van der Waals surface area (Å²) in [7, 11) is -6.23. The van der Waals surface area contributed by atoms with E-state index >= 15 is 0 Å². The predicted octanol–water partition coefficient (Wildman–Crippen LogP) is 12.3. The molecule has 47 heavy (non-hydrogen) atoms. The SMILES string of the molecule is CN1C(=CC=CC2=[N+](C)c3ccc4ccccc4c3C2(C)C)C(Cc2ccccc2)c2c1ccc1ccccc21.F[P-](F)(F)(F)(F)F. The maximum absolute atomic E-state index is 10.7. The second-order valence-corrected chi connectivity index (χ2v) is 14.6. The summed E-state index contributed by atoms with van der Waals surface area (Å²) in [6.07, 6.45) is 7.93. The number of hydrogen-bond acceptors (Lipinski definition) is 1. The normalized spacial score (nSPS) is 19.5. The van der Waals surface area contributed by atoms with E-state index in [0.29, 0.717) is 5.92 Å². The first-order chi connectivity index (χ1) is 21.9. The Balaban J connectivity index is 0.000000499. The molecule has 0 radical (unpaired) electrons. The van der Waals surface area contributed by atoms with E-state index in [9.17, 15) is 25.2 Å².